The summed E-state index contributed by atoms with van der Waals surface area (Å²) in [7, 11) is 3.10. The van der Waals surface area contributed by atoms with Crippen molar-refractivity contribution in [1.29, 1.82) is 0 Å². The molecule has 0 radical (unpaired) electrons. The zero-order valence-electron chi connectivity index (χ0n) is 47.7. The first-order valence-corrected chi connectivity index (χ1v) is 28.6. The number of nitrogens with zero attached hydrogens (tertiary/aromatic N) is 4. The lowest BCUT2D eigenvalue weighted by atomic mass is 9.89. The summed E-state index contributed by atoms with van der Waals surface area (Å²) in [5.74, 6) is -5.61. The fraction of sp³-hybridized carbons (Fsp3) is 0.741. The molecule has 3 unspecified atom stereocenters. The molecular weight excluding hydrogens is 1000 g/mol. The lowest BCUT2D eigenvalue weighted by Gasteiger charge is -2.40. The molecule has 4 heterocycles. The lowest BCUT2D eigenvalue weighted by molar-refractivity contribution is -0.170. The number of methoxy groups -OCH3 is 1. The predicted molar refractivity (Wildman–Crippen MR) is 284 cm³/mol. The average Bonchev–Trinajstić information content (AvgIpc) is 3.61. The van der Waals surface area contributed by atoms with Crippen LogP contribution >= 0.6 is 0 Å². The molecule has 1 aromatic carbocycles. The summed E-state index contributed by atoms with van der Waals surface area (Å²) in [6, 6.07) is -1.64. The fourth-order valence-corrected chi connectivity index (χ4v) is 12.7. The van der Waals surface area contributed by atoms with Gasteiger partial charge in [0.15, 0.2) is 6.10 Å². The van der Waals surface area contributed by atoms with Crippen LogP contribution in [0.1, 0.15) is 150 Å². The maximum Gasteiger partial charge on any atom is 0.329 e. The van der Waals surface area contributed by atoms with Gasteiger partial charge in [-0.3, -0.25) is 38.4 Å². The van der Waals surface area contributed by atoms with Gasteiger partial charge in [0, 0.05) is 44.6 Å². The van der Waals surface area contributed by atoms with E-state index in [2.05, 4.69) is 16.0 Å². The maximum absolute atomic E-state index is 15.4. The van der Waals surface area contributed by atoms with Gasteiger partial charge in [0.05, 0.1) is 25.7 Å². The Kier molecular flexibility index (Phi) is 17.0. The summed E-state index contributed by atoms with van der Waals surface area (Å²) in [5.41, 5.74) is -2.09. The second-order valence-electron chi connectivity index (χ2n) is 25.3. The Bertz CT molecular complexity index is 2520. The van der Waals surface area contributed by atoms with Gasteiger partial charge >= 0.3 is 11.9 Å². The van der Waals surface area contributed by atoms with Crippen LogP contribution in [0.5, 0.6) is 5.75 Å². The van der Waals surface area contributed by atoms with Gasteiger partial charge in [-0.15, -0.1) is 0 Å². The van der Waals surface area contributed by atoms with Gasteiger partial charge in [-0.05, 0) is 118 Å². The number of aliphatic hydroxyl groups is 1. The third-order valence-electron chi connectivity index (χ3n) is 17.8. The van der Waals surface area contributed by atoms with Crippen LogP contribution in [0.4, 0.5) is 0 Å². The standard InChI is InChI=1S/C58H85N7O13/c1-31(2)24-38-50(70)63-22-12-15-40(63)52(72)65-30-36-26-37(76-11)17-16-35(36)27-42(65)53(73)78-57(20-21-57)58(54(74)61-46(33(5)6)43(66)28-45(67)77-47(34(7)8)49(69)59-38)29-44(58)60-48(68)41(25-32(3)4)62(10)51(71)39-14-13-23-64(39)55(75)56(9)18-19-56/h16-17,26,31-34,38-44,46-47,66H,12-15,18-25,27-30H2,1-11H3,(H,59,69)(H,60,68)(H,61,74)/t38-,39-,40-,41+,42-,43-,44?,46?,47-,58?/m0/s1. The van der Waals surface area contributed by atoms with E-state index in [1.807, 2.05) is 46.8 Å². The number of aliphatic hydroxyl groups excluding tert-OH is 1. The van der Waals surface area contributed by atoms with E-state index < -0.39 is 131 Å². The molecule has 3 saturated heterocycles. The van der Waals surface area contributed by atoms with E-state index in [9.17, 15) is 33.9 Å². The van der Waals surface area contributed by atoms with E-state index in [-0.39, 0.29) is 81.7 Å². The first-order chi connectivity index (χ1) is 36.8. The first kappa shape index (κ1) is 58.4. The Hall–Kier alpha value is -5.79. The molecule has 0 bridgehead atoms. The Morgan fingerprint density at radius 1 is 0.846 bits per heavy atom. The number of cyclic esters (lactones) is 1. The van der Waals surface area contributed by atoms with Gasteiger partial charge in [0.25, 0.3) is 5.91 Å². The molecule has 78 heavy (non-hydrogen) atoms. The Balaban J connectivity index is 1.16. The highest BCUT2D eigenvalue weighted by molar-refractivity contribution is 5.98. The van der Waals surface area contributed by atoms with Crippen LogP contribution in [0, 0.1) is 34.5 Å². The van der Waals surface area contributed by atoms with Crippen LogP contribution in [0.3, 0.4) is 0 Å². The second-order valence-corrected chi connectivity index (χ2v) is 25.3. The van der Waals surface area contributed by atoms with Crippen LogP contribution in [0.2, 0.25) is 0 Å². The number of likely N-dealkylation sites (N-methyl/N-ethyl adjacent to an activating group) is 1. The van der Waals surface area contributed by atoms with Crippen LogP contribution in [0.25, 0.3) is 0 Å². The van der Waals surface area contributed by atoms with Crippen molar-refractivity contribution in [2.75, 3.05) is 27.2 Å². The largest absolute Gasteiger partial charge is 0.497 e. The number of hydrogen-bond acceptors (Lipinski definition) is 13. The summed E-state index contributed by atoms with van der Waals surface area (Å²) < 4.78 is 18.0. The van der Waals surface area contributed by atoms with Gasteiger partial charge in [0.2, 0.25) is 35.4 Å². The predicted octanol–water partition coefficient (Wildman–Crippen LogP) is 3.56. The van der Waals surface area contributed by atoms with Crippen LogP contribution in [-0.2, 0) is 65.6 Å². The van der Waals surface area contributed by atoms with E-state index in [0.29, 0.717) is 31.6 Å². The molecule has 2 spiro atoms. The number of rotatable bonds is 12. The Labute approximate surface area is 459 Å². The number of esters is 2. The second kappa shape index (κ2) is 22.8. The SMILES string of the molecule is COc1ccc2c(c1)CN1C(=O)[C@@H]3CCCN3C(=O)[C@H](CC(C)C)NC(=O)[C@H](C(C)C)OC(=O)C[C@H](O)C(C(C)C)NC(=O)C3(CC3NC(=O)[C@@H](CC(C)C)N(C)C(=O)[C@@H]3CCCN3C(=O)C3(C)CC3)C3(CC3)OC(=O)[C@@H]1C2. The fourth-order valence-electron chi connectivity index (χ4n) is 12.7. The van der Waals surface area contributed by atoms with Crippen LogP contribution in [0.15, 0.2) is 18.2 Å². The third-order valence-corrected chi connectivity index (χ3v) is 17.8. The van der Waals surface area contributed by atoms with Crippen molar-refractivity contribution in [3.63, 3.8) is 0 Å². The Morgan fingerprint density at radius 2 is 1.54 bits per heavy atom. The molecule has 7 amide bonds. The molecule has 0 aromatic heterocycles. The Morgan fingerprint density at radius 3 is 2.15 bits per heavy atom. The molecule has 4 N–H and O–H groups in total. The van der Waals surface area contributed by atoms with Crippen molar-refractivity contribution < 1.29 is 62.5 Å². The third kappa shape index (κ3) is 11.6. The zero-order chi connectivity index (χ0) is 56.9. The summed E-state index contributed by atoms with van der Waals surface area (Å²) in [6.45, 7) is 17.1. The normalized spacial score (nSPS) is 30.5. The minimum Gasteiger partial charge on any atom is -0.497 e. The molecule has 20 nitrogen and oxygen atoms in total. The number of nitrogens with one attached hydrogen (secondary N) is 3. The zero-order valence-corrected chi connectivity index (χ0v) is 47.7. The van der Waals surface area contributed by atoms with E-state index in [0.717, 1.165) is 24.0 Å². The van der Waals surface area contributed by atoms with Crippen molar-refractivity contribution in [1.82, 2.24) is 35.6 Å². The van der Waals surface area contributed by atoms with Gasteiger partial charge in [-0.2, -0.15) is 0 Å². The number of ether oxygens (including phenoxy) is 3. The topological polar surface area (TPSA) is 251 Å². The molecule has 20 heteroatoms. The lowest BCUT2D eigenvalue weighted by Crippen LogP contribution is -2.59. The quantitative estimate of drug-likeness (QED) is 0.219. The van der Waals surface area contributed by atoms with Gasteiger partial charge in [0.1, 0.15) is 47.0 Å². The number of benzene rings is 1. The summed E-state index contributed by atoms with van der Waals surface area (Å²) in [5, 5.41) is 20.8. The number of fused-ring (bicyclic) bond motifs is 4. The first-order valence-electron chi connectivity index (χ1n) is 28.6. The molecule has 3 saturated carbocycles. The van der Waals surface area contributed by atoms with Crippen LogP contribution < -0.4 is 20.7 Å². The minimum absolute atomic E-state index is 0.00810. The molecule has 4 aliphatic heterocycles. The van der Waals surface area contributed by atoms with E-state index >= 15 is 14.4 Å². The van der Waals surface area contributed by atoms with Gasteiger partial charge < -0.3 is 54.9 Å². The summed E-state index contributed by atoms with van der Waals surface area (Å²) in [6.07, 6.45) is 0.817. The summed E-state index contributed by atoms with van der Waals surface area (Å²) in [4.78, 5) is 138. The molecule has 430 valence electrons. The highest BCUT2D eigenvalue weighted by Crippen LogP contribution is 2.66. The number of likely N-dealkylation sites (tertiary alicyclic amines) is 1. The monoisotopic (exact) mass is 1090 g/mol. The molecule has 8 rings (SSSR count). The minimum atomic E-state index is -1.61. The number of carbonyl (C=O) groups is 9. The molecule has 3 aliphatic carbocycles. The van der Waals surface area contributed by atoms with Crippen LogP contribution in [-0.4, -0.2) is 165 Å². The molecule has 6 fully saturated rings. The summed E-state index contributed by atoms with van der Waals surface area (Å²) >= 11 is 0. The van der Waals surface area contributed by atoms with Crippen molar-refractivity contribution in [2.24, 2.45) is 34.5 Å². The van der Waals surface area contributed by atoms with E-state index in [1.54, 1.807) is 45.7 Å². The van der Waals surface area contributed by atoms with Crippen molar-refractivity contribution in [2.45, 2.75) is 212 Å². The molecule has 1 aromatic rings. The van der Waals surface area contributed by atoms with Gasteiger partial charge in [-0.25, -0.2) is 4.79 Å². The average molecular weight is 1090 g/mol. The van der Waals surface area contributed by atoms with Crippen molar-refractivity contribution in [3.8, 4) is 5.75 Å². The number of carbonyl (C=O) groups excluding carboxylic acids is 9. The van der Waals surface area contributed by atoms with E-state index in [1.165, 1.54) is 21.8 Å². The van der Waals surface area contributed by atoms with Gasteiger partial charge in [-0.1, -0.05) is 68.4 Å². The highest BCUT2D eigenvalue weighted by atomic mass is 16.6. The van der Waals surface area contributed by atoms with Crippen molar-refractivity contribution >= 4 is 53.3 Å². The number of hydrogen-bond donors (Lipinski definition) is 4. The smallest absolute Gasteiger partial charge is 0.329 e. The highest BCUT2D eigenvalue weighted by Gasteiger charge is 2.79. The maximum atomic E-state index is 15.4. The van der Waals surface area contributed by atoms with E-state index in [4.69, 9.17) is 14.2 Å². The van der Waals surface area contributed by atoms with Crippen molar-refractivity contribution in [3.05, 3.63) is 29.3 Å². The number of amides is 7. The molecule has 7 aliphatic rings. The molecular formula is C58H85N7O13. The molecule has 10 atom stereocenters.